The van der Waals surface area contributed by atoms with E-state index in [4.69, 9.17) is 14.3 Å². The van der Waals surface area contributed by atoms with Crippen molar-refractivity contribution in [2.45, 2.75) is 95.6 Å². The number of amides is 1. The van der Waals surface area contributed by atoms with Crippen LogP contribution in [0, 0.1) is 6.92 Å². The number of likely N-dealkylation sites (N-methyl/N-ethyl adjacent to an activating group) is 1. The van der Waals surface area contributed by atoms with Crippen molar-refractivity contribution in [3.63, 3.8) is 0 Å². The predicted molar refractivity (Wildman–Crippen MR) is 148 cm³/mol. The fourth-order valence-electron chi connectivity index (χ4n) is 6.03. The minimum Gasteiger partial charge on any atom is -0.481 e. The van der Waals surface area contributed by atoms with E-state index in [-0.39, 0.29) is 32.3 Å². The fraction of sp³-hybridized carbons (Fsp3) is 0.586. The quantitative estimate of drug-likeness (QED) is 0.217. The molecule has 1 saturated heterocycles. The van der Waals surface area contributed by atoms with Gasteiger partial charge in [-0.25, -0.2) is 4.79 Å². The molecule has 3 aliphatic rings. The number of aliphatic carboxylic acids is 1. The molecule has 1 fully saturated rings. The molecule has 0 aromatic heterocycles. The lowest BCUT2D eigenvalue weighted by Gasteiger charge is -2.58. The van der Waals surface area contributed by atoms with Gasteiger partial charge in [-0.1, -0.05) is 19.6 Å². The Kier molecular flexibility index (Phi) is 11.4. The number of halogens is 3. The lowest BCUT2D eigenvalue weighted by Crippen LogP contribution is -2.71. The van der Waals surface area contributed by atoms with Crippen LogP contribution in [0.25, 0.3) is 0 Å². The summed E-state index contributed by atoms with van der Waals surface area (Å²) in [5.41, 5.74) is -0.0408. The predicted octanol–water partition coefficient (Wildman–Crippen LogP) is 1.50. The van der Waals surface area contributed by atoms with E-state index in [1.165, 1.54) is 6.92 Å². The molecule has 0 radical (unpaired) electrons. The summed E-state index contributed by atoms with van der Waals surface area (Å²) in [6.45, 7) is 5.39. The van der Waals surface area contributed by atoms with Gasteiger partial charge in [-0.15, -0.1) is 0 Å². The molecular formula is C29H39F3N2O10. The number of carbonyl (C=O) groups excluding carboxylic acids is 3. The van der Waals surface area contributed by atoms with Crippen LogP contribution in [0.3, 0.4) is 0 Å². The first kappa shape index (κ1) is 36.7. The van der Waals surface area contributed by atoms with Crippen molar-refractivity contribution in [2.24, 2.45) is 0 Å². The van der Waals surface area contributed by atoms with Gasteiger partial charge in [0.25, 0.3) is 0 Å². The number of aliphatic hydroxyl groups is 3. The average molecular weight is 633 g/mol. The average Bonchev–Trinajstić information content (AvgIpc) is 3.30. The van der Waals surface area contributed by atoms with Crippen molar-refractivity contribution < 1.29 is 62.2 Å². The molecule has 4 rings (SSSR count). The number of carbonyl (C=O) groups is 4. The second-order valence-electron chi connectivity index (χ2n) is 10.9. The summed E-state index contributed by atoms with van der Waals surface area (Å²) in [4.78, 5) is 47.0. The van der Waals surface area contributed by atoms with Crippen LogP contribution in [0.4, 0.5) is 13.2 Å². The molecule has 6 atom stereocenters. The van der Waals surface area contributed by atoms with Crippen LogP contribution in [0.1, 0.15) is 57.2 Å². The molecule has 5 N–H and O–H groups in total. The SMILES string of the molecule is C.Cc1ccc(CO)c2c1[C@]13CCN(C)[C@H](C)[C@]1(O)CC=C(OC(=O)C[C@H](NC(=O)[C@H](C)O)C(=O)O)[C@@H]3O2.O=CC(F)(F)F. The maximum Gasteiger partial charge on any atom is 0.446 e. The topological polar surface area (TPSA) is 183 Å². The van der Waals surface area contributed by atoms with E-state index >= 15 is 0 Å². The number of hydrogen-bond donors (Lipinski definition) is 5. The number of aryl methyl sites for hydroxylation is 1. The van der Waals surface area contributed by atoms with E-state index in [0.717, 1.165) is 11.1 Å². The van der Waals surface area contributed by atoms with Crippen molar-refractivity contribution in [1.82, 2.24) is 10.2 Å². The standard InChI is InChI=1S/C26H34N2O9.C2HF3O.CH4/c1-13-5-6-16(12-29)21-20(13)25-9-10-28(4)15(3)26(25,35)8-7-18(22(25)37-21)36-19(31)11-17(24(33)34)27-23(32)14(2)30;3-2(4,5)1-6;/h5-7,14-15,17,22,29-30,35H,8-12H2,1-4H3,(H,27,32)(H,33,34);1H;1H4/t14-,15+,17-,22-,25-,26+;;/m0../s1. The smallest absolute Gasteiger partial charge is 0.446 e. The van der Waals surface area contributed by atoms with Crippen LogP contribution in [-0.4, -0.2) is 99.1 Å². The van der Waals surface area contributed by atoms with Gasteiger partial charge < -0.3 is 40.1 Å². The van der Waals surface area contributed by atoms with E-state index in [9.17, 15) is 48.0 Å². The number of esters is 1. The number of benzene rings is 1. The first-order valence-corrected chi connectivity index (χ1v) is 13.4. The third-order valence-electron chi connectivity index (χ3n) is 8.33. The summed E-state index contributed by atoms with van der Waals surface area (Å²) in [5.74, 6) is -2.69. The molecule has 1 aromatic carbocycles. The molecule has 0 unspecified atom stereocenters. The van der Waals surface area contributed by atoms with Crippen molar-refractivity contribution in [1.29, 1.82) is 0 Å². The number of carboxylic acid groups (broad SMARTS) is 1. The largest absolute Gasteiger partial charge is 0.481 e. The van der Waals surface area contributed by atoms with E-state index in [2.05, 4.69) is 10.2 Å². The molecule has 1 aromatic rings. The molecule has 2 aliphatic heterocycles. The van der Waals surface area contributed by atoms with Crippen LogP contribution < -0.4 is 10.1 Å². The number of fused-ring (bicyclic) bond motifs is 1. The summed E-state index contributed by atoms with van der Waals surface area (Å²) >= 11 is 0. The minimum atomic E-state index is -4.64. The Labute approximate surface area is 252 Å². The number of rotatable bonds is 7. The number of hydrogen-bond acceptors (Lipinski definition) is 10. The lowest BCUT2D eigenvalue weighted by atomic mass is 9.54. The van der Waals surface area contributed by atoms with Gasteiger partial charge in [0.2, 0.25) is 12.2 Å². The zero-order valence-electron chi connectivity index (χ0n) is 24.0. The third-order valence-corrected chi connectivity index (χ3v) is 8.33. The van der Waals surface area contributed by atoms with Gasteiger partial charge in [0.05, 0.1) is 24.0 Å². The fourth-order valence-corrected chi connectivity index (χ4v) is 6.03. The first-order valence-electron chi connectivity index (χ1n) is 13.4. The monoisotopic (exact) mass is 632 g/mol. The van der Waals surface area contributed by atoms with Gasteiger partial charge in [-0.2, -0.15) is 13.2 Å². The van der Waals surface area contributed by atoms with Crippen LogP contribution in [0.2, 0.25) is 0 Å². The molecule has 1 spiro atoms. The highest BCUT2D eigenvalue weighted by Crippen LogP contribution is 2.61. The van der Waals surface area contributed by atoms with Crippen molar-refractivity contribution in [2.75, 3.05) is 13.6 Å². The van der Waals surface area contributed by atoms with Crippen molar-refractivity contribution >= 4 is 24.1 Å². The molecule has 0 bridgehead atoms. The normalized spacial score (nSPS) is 26.8. The molecule has 12 nitrogen and oxygen atoms in total. The molecule has 15 heteroatoms. The third kappa shape index (κ3) is 6.75. The Hall–Kier alpha value is -3.53. The minimum absolute atomic E-state index is 0. The van der Waals surface area contributed by atoms with Crippen molar-refractivity contribution in [3.8, 4) is 5.75 Å². The Bertz CT molecular complexity index is 1300. The van der Waals surface area contributed by atoms with Crippen LogP contribution in [-0.2, 0) is 35.9 Å². The van der Waals surface area contributed by atoms with Crippen molar-refractivity contribution in [3.05, 3.63) is 40.7 Å². The van der Waals surface area contributed by atoms with Gasteiger partial charge in [0.15, 0.2) is 6.10 Å². The zero-order chi connectivity index (χ0) is 32.5. The number of alkyl halides is 3. The molecule has 0 saturated carbocycles. The summed E-state index contributed by atoms with van der Waals surface area (Å²) in [6.07, 6.45) is -6.46. The number of nitrogens with one attached hydrogen (secondary N) is 1. The van der Waals surface area contributed by atoms with Crippen LogP contribution in [0.5, 0.6) is 5.75 Å². The Balaban J connectivity index is 0.000000877. The summed E-state index contributed by atoms with van der Waals surface area (Å²) in [7, 11) is 1.94. The molecular weight excluding hydrogens is 593 g/mol. The van der Waals surface area contributed by atoms with E-state index in [0.29, 0.717) is 24.3 Å². The number of ether oxygens (including phenoxy) is 2. The van der Waals surface area contributed by atoms with Gasteiger partial charge in [0.1, 0.15) is 23.7 Å². The number of likely N-dealkylation sites (tertiary alicyclic amines) is 1. The number of piperidine rings is 1. The number of aliphatic hydroxyl groups excluding tert-OH is 2. The number of carboxylic acids is 1. The summed E-state index contributed by atoms with van der Waals surface area (Å²) in [5, 5.41) is 43.2. The van der Waals surface area contributed by atoms with Gasteiger partial charge >= 0.3 is 18.1 Å². The van der Waals surface area contributed by atoms with Gasteiger partial charge in [0, 0.05) is 23.6 Å². The Morgan fingerprint density at radius 3 is 2.43 bits per heavy atom. The van der Waals surface area contributed by atoms with E-state index < -0.39 is 66.0 Å². The Morgan fingerprint density at radius 1 is 1.30 bits per heavy atom. The molecule has 44 heavy (non-hydrogen) atoms. The maximum absolute atomic E-state index is 12.9. The summed E-state index contributed by atoms with van der Waals surface area (Å²) in [6, 6.07) is 1.77. The Morgan fingerprint density at radius 2 is 1.91 bits per heavy atom. The summed E-state index contributed by atoms with van der Waals surface area (Å²) < 4.78 is 43.3. The molecule has 1 amide bonds. The van der Waals surface area contributed by atoms with Crippen LogP contribution >= 0.6 is 0 Å². The second kappa shape index (κ2) is 13.6. The van der Waals surface area contributed by atoms with E-state index in [1.54, 1.807) is 12.1 Å². The maximum atomic E-state index is 12.9. The van der Waals surface area contributed by atoms with Gasteiger partial charge in [-0.3, -0.25) is 14.4 Å². The highest BCUT2D eigenvalue weighted by atomic mass is 19.4. The highest BCUT2D eigenvalue weighted by Gasteiger charge is 2.69. The number of aldehydes is 1. The van der Waals surface area contributed by atoms with Gasteiger partial charge in [-0.05, 0) is 52.4 Å². The van der Waals surface area contributed by atoms with E-state index in [1.807, 2.05) is 27.0 Å². The zero-order valence-corrected chi connectivity index (χ0v) is 24.0. The molecule has 1 aliphatic carbocycles. The number of nitrogens with zero attached hydrogens (tertiary/aromatic N) is 1. The lowest BCUT2D eigenvalue weighted by molar-refractivity contribution is -0.163. The molecule has 2 heterocycles. The molecule has 246 valence electrons. The highest BCUT2D eigenvalue weighted by molar-refractivity contribution is 5.88. The van der Waals surface area contributed by atoms with Crippen LogP contribution in [0.15, 0.2) is 24.0 Å². The second-order valence-corrected chi connectivity index (χ2v) is 10.9. The first-order chi connectivity index (χ1) is 19.9.